The highest BCUT2D eigenvalue weighted by Gasteiger charge is 2.24. The van der Waals surface area contributed by atoms with Crippen molar-refractivity contribution >= 4 is 27.3 Å². The molecule has 0 saturated heterocycles. The molecule has 1 aliphatic heterocycles. The molecule has 1 amide bonds. The van der Waals surface area contributed by atoms with E-state index in [2.05, 4.69) is 4.72 Å². The Bertz CT molecular complexity index is 1220. The zero-order chi connectivity index (χ0) is 21.3. The van der Waals surface area contributed by atoms with Crippen LogP contribution in [0.4, 0.5) is 15.8 Å². The van der Waals surface area contributed by atoms with Gasteiger partial charge in [0.25, 0.3) is 15.9 Å². The summed E-state index contributed by atoms with van der Waals surface area (Å²) >= 11 is 0. The molecule has 1 heterocycles. The number of halogens is 1. The van der Waals surface area contributed by atoms with Crippen molar-refractivity contribution in [2.75, 3.05) is 16.2 Å². The number of fused-ring (bicyclic) bond motifs is 1. The Kier molecular flexibility index (Phi) is 5.30. The van der Waals surface area contributed by atoms with E-state index >= 15 is 0 Å². The van der Waals surface area contributed by atoms with Gasteiger partial charge in [-0.3, -0.25) is 9.52 Å². The van der Waals surface area contributed by atoms with E-state index < -0.39 is 15.8 Å². The second-order valence-electron chi connectivity index (χ2n) is 7.29. The molecule has 5 nitrogen and oxygen atoms in total. The fourth-order valence-electron chi connectivity index (χ4n) is 3.57. The van der Waals surface area contributed by atoms with Crippen molar-refractivity contribution in [2.45, 2.75) is 24.7 Å². The van der Waals surface area contributed by atoms with E-state index in [1.807, 2.05) is 24.3 Å². The standard InChI is InChI=1S/C23H21FN2O3S/c1-16-11-12-20(15-21(16)24)30(28,29)25-19-9-4-7-18(14-19)23(27)26-13-5-8-17-6-2-3-10-22(17)26/h2-4,6-7,9-12,14-15,25H,5,8,13H2,1H3. The van der Waals surface area contributed by atoms with Crippen LogP contribution in [0, 0.1) is 12.7 Å². The molecule has 0 radical (unpaired) electrons. The maximum absolute atomic E-state index is 13.8. The quantitative estimate of drug-likeness (QED) is 0.669. The van der Waals surface area contributed by atoms with Gasteiger partial charge in [0, 0.05) is 23.5 Å². The second-order valence-corrected chi connectivity index (χ2v) is 8.97. The number of nitrogens with one attached hydrogen (secondary N) is 1. The van der Waals surface area contributed by atoms with Crippen LogP contribution in [0.2, 0.25) is 0 Å². The molecule has 7 heteroatoms. The van der Waals surface area contributed by atoms with Crippen LogP contribution in [0.1, 0.15) is 27.9 Å². The first-order valence-corrected chi connectivity index (χ1v) is 11.1. The lowest BCUT2D eigenvalue weighted by Crippen LogP contribution is -2.35. The molecule has 0 bridgehead atoms. The third-order valence-corrected chi connectivity index (χ3v) is 6.55. The highest BCUT2D eigenvalue weighted by atomic mass is 32.2. The van der Waals surface area contributed by atoms with Crippen LogP contribution in [0.5, 0.6) is 0 Å². The van der Waals surface area contributed by atoms with Gasteiger partial charge in [0.15, 0.2) is 0 Å². The lowest BCUT2D eigenvalue weighted by Gasteiger charge is -2.29. The number of hydrogen-bond donors (Lipinski definition) is 1. The predicted molar refractivity (Wildman–Crippen MR) is 115 cm³/mol. The van der Waals surface area contributed by atoms with Gasteiger partial charge in [-0.05, 0) is 67.3 Å². The summed E-state index contributed by atoms with van der Waals surface area (Å²) in [6.45, 7) is 2.17. The smallest absolute Gasteiger partial charge is 0.261 e. The Morgan fingerprint density at radius 2 is 1.83 bits per heavy atom. The zero-order valence-electron chi connectivity index (χ0n) is 16.4. The Morgan fingerprint density at radius 1 is 1.03 bits per heavy atom. The summed E-state index contributed by atoms with van der Waals surface area (Å²) in [5.41, 5.74) is 2.99. The van der Waals surface area contributed by atoms with E-state index in [1.165, 1.54) is 18.2 Å². The maximum Gasteiger partial charge on any atom is 0.261 e. The number of rotatable bonds is 4. The summed E-state index contributed by atoms with van der Waals surface area (Å²) in [5, 5.41) is 0. The van der Waals surface area contributed by atoms with Crippen LogP contribution < -0.4 is 9.62 Å². The number of nitrogens with zero attached hydrogens (tertiary/aromatic N) is 1. The van der Waals surface area contributed by atoms with Crippen molar-refractivity contribution in [3.05, 3.63) is 89.2 Å². The largest absolute Gasteiger partial charge is 0.308 e. The van der Waals surface area contributed by atoms with Crippen LogP contribution in [0.15, 0.2) is 71.6 Å². The third kappa shape index (κ3) is 3.93. The van der Waals surface area contributed by atoms with Gasteiger partial charge in [-0.15, -0.1) is 0 Å². The number of benzene rings is 3. The van der Waals surface area contributed by atoms with Crippen LogP contribution in [-0.4, -0.2) is 20.9 Å². The Hall–Kier alpha value is -3.19. The van der Waals surface area contributed by atoms with Crippen LogP contribution >= 0.6 is 0 Å². The molecule has 0 atom stereocenters. The topological polar surface area (TPSA) is 66.5 Å². The molecule has 4 rings (SSSR count). The average molecular weight is 424 g/mol. The predicted octanol–water partition coefficient (Wildman–Crippen LogP) is 4.53. The molecule has 3 aromatic rings. The molecule has 0 aliphatic carbocycles. The maximum atomic E-state index is 13.8. The minimum atomic E-state index is -3.98. The molecular weight excluding hydrogens is 403 g/mol. The Labute approximate surface area is 175 Å². The number of anilines is 2. The van der Waals surface area contributed by atoms with Crippen molar-refractivity contribution in [3.8, 4) is 0 Å². The van der Waals surface area contributed by atoms with E-state index in [4.69, 9.17) is 0 Å². The molecule has 0 spiro atoms. The first-order valence-electron chi connectivity index (χ1n) is 9.64. The lowest BCUT2D eigenvalue weighted by molar-refractivity contribution is 0.0985. The number of amides is 1. The Balaban J connectivity index is 1.60. The van der Waals surface area contributed by atoms with E-state index in [0.717, 1.165) is 30.2 Å². The molecular formula is C23H21FN2O3S. The van der Waals surface area contributed by atoms with Gasteiger partial charge in [0.05, 0.1) is 4.90 Å². The number of hydrogen-bond acceptors (Lipinski definition) is 3. The zero-order valence-corrected chi connectivity index (χ0v) is 17.2. The molecule has 154 valence electrons. The summed E-state index contributed by atoms with van der Waals surface area (Å²) < 4.78 is 41.5. The van der Waals surface area contributed by atoms with Gasteiger partial charge in [-0.25, -0.2) is 12.8 Å². The highest BCUT2D eigenvalue weighted by Crippen LogP contribution is 2.29. The molecule has 0 aromatic heterocycles. The Morgan fingerprint density at radius 3 is 2.63 bits per heavy atom. The molecule has 1 N–H and O–H groups in total. The molecule has 0 fully saturated rings. The molecule has 0 unspecified atom stereocenters. The summed E-state index contributed by atoms with van der Waals surface area (Å²) in [6.07, 6.45) is 1.79. The van der Waals surface area contributed by atoms with Crippen molar-refractivity contribution in [1.82, 2.24) is 0 Å². The molecule has 30 heavy (non-hydrogen) atoms. The van der Waals surface area contributed by atoms with Crippen molar-refractivity contribution in [1.29, 1.82) is 0 Å². The minimum Gasteiger partial charge on any atom is -0.308 e. The van der Waals surface area contributed by atoms with Crippen molar-refractivity contribution in [2.24, 2.45) is 0 Å². The molecule has 1 aliphatic rings. The van der Waals surface area contributed by atoms with Crippen LogP contribution in [0.3, 0.4) is 0 Å². The number of para-hydroxylation sites is 1. The normalized spacial score (nSPS) is 13.6. The number of sulfonamides is 1. The first-order chi connectivity index (χ1) is 14.3. The van der Waals surface area contributed by atoms with Gasteiger partial charge in [-0.2, -0.15) is 0 Å². The van der Waals surface area contributed by atoms with Gasteiger partial charge in [0.1, 0.15) is 5.82 Å². The van der Waals surface area contributed by atoms with Gasteiger partial charge in [-0.1, -0.05) is 30.3 Å². The average Bonchev–Trinajstić information content (AvgIpc) is 2.74. The van der Waals surface area contributed by atoms with Crippen molar-refractivity contribution < 1.29 is 17.6 Å². The third-order valence-electron chi connectivity index (χ3n) is 5.17. The van der Waals surface area contributed by atoms with E-state index in [9.17, 15) is 17.6 Å². The van der Waals surface area contributed by atoms with Gasteiger partial charge < -0.3 is 4.90 Å². The second kappa shape index (κ2) is 7.91. The summed E-state index contributed by atoms with van der Waals surface area (Å²) in [7, 11) is -3.98. The summed E-state index contributed by atoms with van der Waals surface area (Å²) in [5.74, 6) is -0.782. The molecule has 0 saturated carbocycles. The fourth-order valence-corrected chi connectivity index (χ4v) is 4.63. The number of carbonyl (C=O) groups is 1. The SMILES string of the molecule is Cc1ccc(S(=O)(=O)Nc2cccc(C(=O)N3CCCc4ccccc43)c2)cc1F. The van der Waals surface area contributed by atoms with Gasteiger partial charge >= 0.3 is 0 Å². The summed E-state index contributed by atoms with van der Waals surface area (Å²) in [4.78, 5) is 14.7. The number of aryl methyl sites for hydroxylation is 2. The van der Waals surface area contributed by atoms with E-state index in [0.29, 0.717) is 17.7 Å². The van der Waals surface area contributed by atoms with E-state index in [-0.39, 0.29) is 16.5 Å². The fraction of sp³-hybridized carbons (Fsp3) is 0.174. The lowest BCUT2D eigenvalue weighted by atomic mass is 10.0. The summed E-state index contributed by atoms with van der Waals surface area (Å²) in [6, 6.07) is 17.9. The van der Waals surface area contributed by atoms with Crippen LogP contribution in [0.25, 0.3) is 0 Å². The van der Waals surface area contributed by atoms with Crippen molar-refractivity contribution in [3.63, 3.8) is 0 Å². The minimum absolute atomic E-state index is 0.174. The molecule has 3 aromatic carbocycles. The highest BCUT2D eigenvalue weighted by molar-refractivity contribution is 7.92. The van der Waals surface area contributed by atoms with Gasteiger partial charge in [0.2, 0.25) is 0 Å². The number of carbonyl (C=O) groups excluding carboxylic acids is 1. The van der Waals surface area contributed by atoms with E-state index in [1.54, 1.807) is 30.0 Å². The first kappa shape index (κ1) is 20.1. The van der Waals surface area contributed by atoms with Crippen LogP contribution in [-0.2, 0) is 16.4 Å². The monoisotopic (exact) mass is 424 g/mol.